The number of rotatable bonds is 2. The number of pyridine rings is 1. The Hall–Kier alpha value is -2.89. The van der Waals surface area contributed by atoms with Gasteiger partial charge in [0.05, 0.1) is 17.6 Å². The van der Waals surface area contributed by atoms with E-state index in [1.165, 1.54) is 0 Å². The Balaban J connectivity index is 1.71. The molecule has 1 fully saturated rings. The molecule has 1 amide bonds. The lowest BCUT2D eigenvalue weighted by molar-refractivity contribution is -0.129. The first-order valence-corrected chi connectivity index (χ1v) is 8.09. The van der Waals surface area contributed by atoms with Crippen LogP contribution in [0.3, 0.4) is 0 Å². The number of nitrogens with one attached hydrogen (secondary N) is 1. The quantitative estimate of drug-likeness (QED) is 0.862. The lowest BCUT2D eigenvalue weighted by atomic mass is 10.1. The molecular weight excluding hydrogens is 302 g/mol. The van der Waals surface area contributed by atoms with Crippen LogP contribution in [0.1, 0.15) is 6.42 Å². The summed E-state index contributed by atoms with van der Waals surface area (Å²) in [5.74, 6) is 0.942. The third kappa shape index (κ3) is 2.60. The van der Waals surface area contributed by atoms with Crippen molar-refractivity contribution in [3.8, 4) is 11.3 Å². The van der Waals surface area contributed by atoms with Crippen molar-refractivity contribution in [2.75, 3.05) is 31.6 Å². The number of piperazine rings is 1. The summed E-state index contributed by atoms with van der Waals surface area (Å²) in [6.45, 7) is 1.88. The van der Waals surface area contributed by atoms with Gasteiger partial charge in [-0.05, 0) is 24.6 Å². The largest absolute Gasteiger partial charge is 0.346 e. The van der Waals surface area contributed by atoms with Gasteiger partial charge >= 0.3 is 0 Å². The molecule has 2 aliphatic rings. The van der Waals surface area contributed by atoms with E-state index in [4.69, 9.17) is 0 Å². The molecule has 122 valence electrons. The van der Waals surface area contributed by atoms with Crippen LogP contribution in [0.4, 0.5) is 5.82 Å². The molecule has 0 atom stereocenters. The predicted molar refractivity (Wildman–Crippen MR) is 93.6 cm³/mol. The maximum atomic E-state index is 11.9. The summed E-state index contributed by atoms with van der Waals surface area (Å²) in [5.41, 5.74) is 1.93. The number of aromatic amines is 1. The second-order valence-electron chi connectivity index (χ2n) is 6.07. The first-order chi connectivity index (χ1) is 11.7. The number of H-pyrrole nitrogens is 1. The van der Waals surface area contributed by atoms with E-state index in [1.807, 2.05) is 36.2 Å². The summed E-state index contributed by atoms with van der Waals surface area (Å²) in [6.07, 6.45) is 11.0. The molecule has 0 bridgehead atoms. The molecule has 0 spiro atoms. The van der Waals surface area contributed by atoms with Crippen LogP contribution in [-0.4, -0.2) is 52.7 Å². The molecule has 2 aromatic heterocycles. The number of carbonyl (C=O) groups is 1. The predicted octanol–water partition coefficient (Wildman–Crippen LogP) is 0.271. The fourth-order valence-electron chi connectivity index (χ4n) is 3.04. The van der Waals surface area contributed by atoms with Crippen LogP contribution in [-0.2, 0) is 4.79 Å². The van der Waals surface area contributed by atoms with Crippen LogP contribution < -0.4 is 15.5 Å². The molecule has 6 heteroatoms. The molecule has 0 radical (unpaired) electrons. The molecule has 1 saturated heterocycles. The third-order valence-electron chi connectivity index (χ3n) is 4.49. The Kier molecular flexibility index (Phi) is 3.65. The lowest BCUT2D eigenvalue weighted by Gasteiger charge is -2.32. The van der Waals surface area contributed by atoms with Gasteiger partial charge in [-0.3, -0.25) is 9.89 Å². The van der Waals surface area contributed by atoms with Gasteiger partial charge in [-0.25, -0.2) is 4.98 Å². The molecule has 1 aliphatic heterocycles. The number of hydrogen-bond donors (Lipinski definition) is 1. The maximum Gasteiger partial charge on any atom is 0.241 e. The molecule has 0 saturated carbocycles. The average Bonchev–Trinajstić information content (AvgIpc) is 2.86. The van der Waals surface area contributed by atoms with E-state index in [0.717, 1.165) is 47.2 Å². The molecule has 3 heterocycles. The van der Waals surface area contributed by atoms with Crippen LogP contribution >= 0.6 is 0 Å². The van der Waals surface area contributed by atoms with Gasteiger partial charge in [-0.2, -0.15) is 5.10 Å². The molecular formula is C18H19N5O. The minimum Gasteiger partial charge on any atom is -0.346 e. The molecule has 24 heavy (non-hydrogen) atoms. The Morgan fingerprint density at radius 1 is 1.29 bits per heavy atom. The van der Waals surface area contributed by atoms with E-state index in [-0.39, 0.29) is 5.91 Å². The SMILES string of the molecule is CN1CCN(c2cc(-c3n[nH]c4c3=CCC=CC=4)ccn2)CC1=O. The molecule has 0 unspecified atom stereocenters. The van der Waals surface area contributed by atoms with Crippen molar-refractivity contribution >= 4 is 23.9 Å². The zero-order chi connectivity index (χ0) is 16.5. The highest BCUT2D eigenvalue weighted by molar-refractivity contribution is 5.82. The van der Waals surface area contributed by atoms with Crippen LogP contribution in [0.2, 0.25) is 0 Å². The Labute approximate surface area is 139 Å². The fraction of sp³-hybridized carbons (Fsp3) is 0.278. The van der Waals surface area contributed by atoms with Gasteiger partial charge in [0, 0.05) is 37.1 Å². The number of amides is 1. The normalized spacial score (nSPS) is 17.1. The van der Waals surface area contributed by atoms with Crippen molar-refractivity contribution in [3.05, 3.63) is 41.0 Å². The van der Waals surface area contributed by atoms with E-state index in [1.54, 1.807) is 11.1 Å². The molecule has 1 aliphatic carbocycles. The van der Waals surface area contributed by atoms with Crippen LogP contribution in [0.15, 0.2) is 30.5 Å². The summed E-state index contributed by atoms with van der Waals surface area (Å²) in [7, 11) is 1.84. The number of anilines is 1. The molecule has 6 nitrogen and oxygen atoms in total. The number of carbonyl (C=O) groups excluding carboxylic acids is 1. The smallest absolute Gasteiger partial charge is 0.241 e. The lowest BCUT2D eigenvalue weighted by Crippen LogP contribution is -2.48. The van der Waals surface area contributed by atoms with Gasteiger partial charge in [-0.1, -0.05) is 18.2 Å². The Morgan fingerprint density at radius 2 is 2.21 bits per heavy atom. The first-order valence-electron chi connectivity index (χ1n) is 8.09. The Bertz CT molecular complexity index is 927. The summed E-state index contributed by atoms with van der Waals surface area (Å²) in [5, 5.41) is 9.71. The maximum absolute atomic E-state index is 11.9. The number of aromatic nitrogens is 3. The molecule has 1 N–H and O–H groups in total. The number of fused-ring (bicyclic) bond motifs is 1. The fourth-order valence-corrected chi connectivity index (χ4v) is 3.04. The molecule has 4 rings (SSSR count). The van der Waals surface area contributed by atoms with Gasteiger partial charge in [0.15, 0.2) is 0 Å². The van der Waals surface area contributed by atoms with E-state index >= 15 is 0 Å². The first kappa shape index (κ1) is 14.7. The standard InChI is InChI=1S/C18H19N5O/c1-22-9-10-23(12-17(22)24)16-11-13(7-8-19-16)18-14-5-3-2-4-6-15(14)20-21-18/h2,4-8,11,20H,3,9-10,12H2,1H3. The number of likely N-dealkylation sites (N-methyl/N-ethyl adjacent to an activating group) is 1. The van der Waals surface area contributed by atoms with Crippen LogP contribution in [0, 0.1) is 0 Å². The second-order valence-corrected chi connectivity index (χ2v) is 6.07. The second kappa shape index (κ2) is 5.96. The van der Waals surface area contributed by atoms with E-state index < -0.39 is 0 Å². The van der Waals surface area contributed by atoms with Crippen molar-refractivity contribution in [3.63, 3.8) is 0 Å². The molecule has 0 aromatic carbocycles. The Morgan fingerprint density at radius 3 is 3.08 bits per heavy atom. The monoisotopic (exact) mass is 321 g/mol. The van der Waals surface area contributed by atoms with Crippen molar-refractivity contribution in [2.24, 2.45) is 0 Å². The van der Waals surface area contributed by atoms with Crippen molar-refractivity contribution in [1.82, 2.24) is 20.1 Å². The van der Waals surface area contributed by atoms with Crippen molar-refractivity contribution < 1.29 is 4.79 Å². The summed E-state index contributed by atoms with van der Waals surface area (Å²) in [4.78, 5) is 20.2. The summed E-state index contributed by atoms with van der Waals surface area (Å²) in [6, 6.07) is 3.98. The highest BCUT2D eigenvalue weighted by Crippen LogP contribution is 2.20. The summed E-state index contributed by atoms with van der Waals surface area (Å²) < 4.78 is 0. The van der Waals surface area contributed by atoms with Crippen LogP contribution in [0.5, 0.6) is 0 Å². The van der Waals surface area contributed by atoms with Gasteiger partial charge < -0.3 is 9.80 Å². The summed E-state index contributed by atoms with van der Waals surface area (Å²) >= 11 is 0. The van der Waals surface area contributed by atoms with E-state index in [0.29, 0.717) is 6.54 Å². The number of nitrogens with zero attached hydrogens (tertiary/aromatic N) is 4. The zero-order valence-corrected chi connectivity index (χ0v) is 13.6. The van der Waals surface area contributed by atoms with Crippen molar-refractivity contribution in [1.29, 1.82) is 0 Å². The minimum atomic E-state index is 0.121. The van der Waals surface area contributed by atoms with Gasteiger partial charge in [-0.15, -0.1) is 0 Å². The van der Waals surface area contributed by atoms with Gasteiger partial charge in [0.2, 0.25) is 5.91 Å². The number of hydrogen-bond acceptors (Lipinski definition) is 4. The van der Waals surface area contributed by atoms with Crippen molar-refractivity contribution in [2.45, 2.75) is 6.42 Å². The van der Waals surface area contributed by atoms with Gasteiger partial charge in [0.1, 0.15) is 5.82 Å². The topological polar surface area (TPSA) is 65.1 Å². The number of allylic oxidation sites excluding steroid dienone is 2. The van der Waals surface area contributed by atoms with Gasteiger partial charge in [0.25, 0.3) is 0 Å². The highest BCUT2D eigenvalue weighted by Gasteiger charge is 2.22. The third-order valence-corrected chi connectivity index (χ3v) is 4.49. The van der Waals surface area contributed by atoms with E-state index in [2.05, 4.69) is 27.3 Å². The van der Waals surface area contributed by atoms with E-state index in [9.17, 15) is 4.79 Å². The minimum absolute atomic E-state index is 0.121. The van der Waals surface area contributed by atoms with Crippen LogP contribution in [0.25, 0.3) is 23.4 Å². The average molecular weight is 321 g/mol. The zero-order valence-electron chi connectivity index (χ0n) is 13.6. The highest BCUT2D eigenvalue weighted by atomic mass is 16.2. The molecule has 2 aromatic rings.